The summed E-state index contributed by atoms with van der Waals surface area (Å²) in [5.41, 5.74) is 0.377. The first-order valence-electron chi connectivity index (χ1n) is 10.2. The third-order valence-electron chi connectivity index (χ3n) is 5.09. The van der Waals surface area contributed by atoms with Crippen LogP contribution in [0.1, 0.15) is 11.1 Å². The van der Waals surface area contributed by atoms with Crippen molar-refractivity contribution < 1.29 is 28.2 Å². The van der Waals surface area contributed by atoms with Gasteiger partial charge in [0.15, 0.2) is 11.5 Å². The van der Waals surface area contributed by atoms with Crippen LogP contribution in [-0.2, 0) is 16.2 Å². The van der Waals surface area contributed by atoms with Crippen LogP contribution >= 0.6 is 23.2 Å². The van der Waals surface area contributed by atoms with Crippen molar-refractivity contribution in [1.82, 2.24) is 5.32 Å². The molecule has 35 heavy (non-hydrogen) atoms. The molecule has 0 saturated carbocycles. The quantitative estimate of drug-likeness (QED) is 0.352. The van der Waals surface area contributed by atoms with Gasteiger partial charge in [0.05, 0.1) is 17.8 Å². The Morgan fingerprint density at radius 2 is 1.71 bits per heavy atom. The summed E-state index contributed by atoms with van der Waals surface area (Å²) < 4.78 is 25.4. The van der Waals surface area contributed by atoms with Crippen LogP contribution in [0.25, 0.3) is 6.08 Å². The number of imide groups is 2. The van der Waals surface area contributed by atoms with Crippen LogP contribution in [0.15, 0.2) is 66.2 Å². The van der Waals surface area contributed by atoms with Gasteiger partial charge in [0, 0.05) is 10.6 Å². The van der Waals surface area contributed by atoms with E-state index in [1.807, 2.05) is 11.4 Å². The Labute approximate surface area is 209 Å². The number of urea groups is 1. The van der Waals surface area contributed by atoms with Crippen molar-refractivity contribution in [1.29, 1.82) is 0 Å². The number of ether oxygens (including phenoxy) is 2. The molecule has 0 spiro atoms. The summed E-state index contributed by atoms with van der Waals surface area (Å²) in [7, 11) is 1.40. The van der Waals surface area contributed by atoms with Crippen LogP contribution in [0.2, 0.25) is 10.0 Å². The molecule has 1 aliphatic rings. The fraction of sp³-hybridized carbons (Fsp3) is 0.0800. The number of methoxy groups -OCH3 is 1. The number of nitrogens with zero attached hydrogens (tertiary/aromatic N) is 1. The summed E-state index contributed by atoms with van der Waals surface area (Å²) in [5.74, 6) is -2.24. The first kappa shape index (κ1) is 24.3. The Balaban J connectivity index is 1.66. The fourth-order valence-electron chi connectivity index (χ4n) is 3.40. The van der Waals surface area contributed by atoms with Gasteiger partial charge in [-0.2, -0.15) is 0 Å². The maximum absolute atomic E-state index is 14.3. The third kappa shape index (κ3) is 4.99. The Hall–Kier alpha value is -3.88. The summed E-state index contributed by atoms with van der Waals surface area (Å²) in [4.78, 5) is 38.3. The molecule has 1 N–H and O–H groups in total. The summed E-state index contributed by atoms with van der Waals surface area (Å²) in [6, 6.07) is 14.3. The first-order valence-corrected chi connectivity index (χ1v) is 11.0. The zero-order valence-electron chi connectivity index (χ0n) is 18.2. The van der Waals surface area contributed by atoms with E-state index in [0.29, 0.717) is 15.5 Å². The van der Waals surface area contributed by atoms with Crippen molar-refractivity contribution >= 4 is 52.8 Å². The monoisotopic (exact) mass is 514 g/mol. The average Bonchev–Trinajstić information content (AvgIpc) is 2.83. The first-order chi connectivity index (χ1) is 16.8. The van der Waals surface area contributed by atoms with E-state index < -0.39 is 29.2 Å². The van der Waals surface area contributed by atoms with E-state index in [1.165, 1.54) is 43.5 Å². The molecule has 4 amide bonds. The highest BCUT2D eigenvalue weighted by Crippen LogP contribution is 2.38. The Morgan fingerprint density at radius 1 is 1.00 bits per heavy atom. The number of barbiturate groups is 1. The van der Waals surface area contributed by atoms with E-state index in [2.05, 4.69) is 0 Å². The largest absolute Gasteiger partial charge is 0.493 e. The molecule has 1 aliphatic heterocycles. The van der Waals surface area contributed by atoms with Crippen LogP contribution < -0.4 is 19.7 Å². The second kappa shape index (κ2) is 10.2. The van der Waals surface area contributed by atoms with Crippen molar-refractivity contribution in [3.63, 3.8) is 0 Å². The maximum atomic E-state index is 14.3. The number of halogens is 3. The number of rotatable bonds is 6. The number of amides is 4. The minimum Gasteiger partial charge on any atom is -0.493 e. The van der Waals surface area contributed by atoms with Gasteiger partial charge in [-0.1, -0.05) is 53.5 Å². The predicted molar refractivity (Wildman–Crippen MR) is 129 cm³/mol. The molecule has 4 rings (SSSR count). The van der Waals surface area contributed by atoms with E-state index in [0.717, 1.165) is 11.6 Å². The van der Waals surface area contributed by atoms with Crippen molar-refractivity contribution in [3.8, 4) is 11.5 Å². The highest BCUT2D eigenvalue weighted by molar-refractivity contribution is 6.39. The zero-order valence-corrected chi connectivity index (χ0v) is 19.7. The molecule has 0 aliphatic carbocycles. The highest BCUT2D eigenvalue weighted by Gasteiger charge is 2.38. The van der Waals surface area contributed by atoms with E-state index in [9.17, 15) is 18.8 Å². The standard InChI is InChI=1S/C25H17Cl2FN2O5/c1-34-21-12-14(11-18(27)22(21)35-13-15-6-2-3-7-17(15)26)10-16-23(31)29-25(33)30(24(16)32)20-9-5-4-8-19(20)28/h2-12H,13H2,1H3,(H,29,31,33)/b16-10-. The van der Waals surface area contributed by atoms with Crippen LogP contribution in [0.4, 0.5) is 14.9 Å². The highest BCUT2D eigenvalue weighted by atomic mass is 35.5. The maximum Gasteiger partial charge on any atom is 0.336 e. The lowest BCUT2D eigenvalue weighted by Crippen LogP contribution is -2.54. The summed E-state index contributed by atoms with van der Waals surface area (Å²) in [6.07, 6.45) is 1.23. The molecular formula is C25H17Cl2FN2O5. The predicted octanol–water partition coefficient (Wildman–Crippen LogP) is 5.39. The molecule has 7 nitrogen and oxygen atoms in total. The van der Waals surface area contributed by atoms with Gasteiger partial charge >= 0.3 is 6.03 Å². The SMILES string of the molecule is COc1cc(/C=C2/C(=O)NC(=O)N(c3ccccc3F)C2=O)cc(Cl)c1OCc1ccccc1Cl. The number of anilines is 1. The van der Waals surface area contributed by atoms with Crippen LogP contribution in [0.3, 0.4) is 0 Å². The number of carbonyl (C=O) groups is 3. The number of para-hydroxylation sites is 1. The Bertz CT molecular complexity index is 1380. The topological polar surface area (TPSA) is 84.9 Å². The number of nitrogens with one attached hydrogen (secondary N) is 1. The lowest BCUT2D eigenvalue weighted by atomic mass is 10.1. The lowest BCUT2D eigenvalue weighted by Gasteiger charge is -2.26. The molecule has 3 aromatic carbocycles. The number of carbonyl (C=O) groups excluding carboxylic acids is 3. The van der Waals surface area contributed by atoms with Crippen LogP contribution in [0.5, 0.6) is 11.5 Å². The molecule has 10 heteroatoms. The molecule has 3 aromatic rings. The van der Waals surface area contributed by atoms with E-state index >= 15 is 0 Å². The Morgan fingerprint density at radius 3 is 2.43 bits per heavy atom. The second-order valence-electron chi connectivity index (χ2n) is 7.32. The normalized spacial score (nSPS) is 14.8. The number of hydrogen-bond acceptors (Lipinski definition) is 5. The van der Waals surface area contributed by atoms with Crippen molar-refractivity contribution in [3.05, 3.63) is 93.2 Å². The molecule has 0 atom stereocenters. The molecule has 0 bridgehead atoms. The minimum absolute atomic E-state index is 0.122. The third-order valence-corrected chi connectivity index (χ3v) is 5.74. The van der Waals surface area contributed by atoms with Crippen molar-refractivity contribution in [2.24, 2.45) is 0 Å². The van der Waals surface area contributed by atoms with Gasteiger partial charge in [-0.15, -0.1) is 0 Å². The van der Waals surface area contributed by atoms with Crippen molar-refractivity contribution in [2.75, 3.05) is 12.0 Å². The zero-order chi connectivity index (χ0) is 25.1. The number of hydrogen-bond donors (Lipinski definition) is 1. The second-order valence-corrected chi connectivity index (χ2v) is 8.14. The van der Waals surface area contributed by atoms with E-state index in [-0.39, 0.29) is 28.8 Å². The smallest absolute Gasteiger partial charge is 0.336 e. The van der Waals surface area contributed by atoms with Gasteiger partial charge < -0.3 is 9.47 Å². The molecule has 178 valence electrons. The van der Waals surface area contributed by atoms with Gasteiger partial charge in [0.1, 0.15) is 18.0 Å². The van der Waals surface area contributed by atoms with E-state index in [1.54, 1.807) is 18.2 Å². The van der Waals surface area contributed by atoms with Crippen LogP contribution in [-0.4, -0.2) is 25.0 Å². The molecule has 0 radical (unpaired) electrons. The average molecular weight is 515 g/mol. The van der Waals surface area contributed by atoms with Gasteiger partial charge in [-0.25, -0.2) is 14.1 Å². The van der Waals surface area contributed by atoms with Crippen molar-refractivity contribution in [2.45, 2.75) is 6.61 Å². The summed E-state index contributed by atoms with van der Waals surface area (Å²) in [5, 5.41) is 2.72. The molecule has 1 fully saturated rings. The molecule has 1 heterocycles. The summed E-state index contributed by atoms with van der Waals surface area (Å²) in [6.45, 7) is 0.122. The summed E-state index contributed by atoms with van der Waals surface area (Å²) >= 11 is 12.6. The van der Waals surface area contributed by atoms with Gasteiger partial charge in [0.25, 0.3) is 11.8 Å². The molecule has 0 unspecified atom stereocenters. The van der Waals surface area contributed by atoms with Gasteiger partial charge in [0.2, 0.25) is 0 Å². The fourth-order valence-corrected chi connectivity index (χ4v) is 3.87. The lowest BCUT2D eigenvalue weighted by molar-refractivity contribution is -0.122. The molecule has 1 saturated heterocycles. The van der Waals surface area contributed by atoms with Gasteiger partial charge in [-0.3, -0.25) is 14.9 Å². The Kier molecular flexibility index (Phi) is 7.04. The van der Waals surface area contributed by atoms with Gasteiger partial charge in [-0.05, 0) is 42.0 Å². The van der Waals surface area contributed by atoms with Crippen LogP contribution in [0, 0.1) is 5.82 Å². The van der Waals surface area contributed by atoms with E-state index in [4.69, 9.17) is 32.7 Å². The molecular weight excluding hydrogens is 498 g/mol. The number of benzene rings is 3. The minimum atomic E-state index is -1.05. The molecule has 0 aromatic heterocycles.